The van der Waals surface area contributed by atoms with E-state index in [1.54, 1.807) is 25.1 Å². The SMILES string of the molecule is CCOC(=O)C[C@H]1O[C@H](c2ccc(OC)cc2Cl)c2cc(Cl)ccc2-n2c1nnc2C(F)(F)F. The van der Waals surface area contributed by atoms with E-state index in [2.05, 4.69) is 10.2 Å². The number of rotatable bonds is 5. The lowest BCUT2D eigenvalue weighted by atomic mass is 9.99. The predicted octanol–water partition coefficient (Wildman–Crippen LogP) is 5.72. The van der Waals surface area contributed by atoms with Gasteiger partial charge in [-0.3, -0.25) is 9.36 Å². The van der Waals surface area contributed by atoms with Crippen molar-refractivity contribution in [3.63, 3.8) is 0 Å². The number of fused-ring (bicyclic) bond motifs is 3. The second-order valence-electron chi connectivity index (χ2n) is 7.32. The standard InChI is InChI=1S/C22H18Cl2F3N3O4/c1-3-33-18(31)10-17-20-28-29-21(22(25,26)27)30(20)16-7-4-11(23)8-14(16)19(34-17)13-6-5-12(32-2)9-15(13)24/h4-9,17,19H,3,10H2,1-2H3/t17-,19-/m1/s1. The molecule has 0 N–H and O–H groups in total. The Bertz CT molecular complexity index is 1230. The lowest BCUT2D eigenvalue weighted by Gasteiger charge is -2.23. The number of aromatic nitrogens is 3. The lowest BCUT2D eigenvalue weighted by molar-refractivity contribution is -0.147. The van der Waals surface area contributed by atoms with Crippen molar-refractivity contribution in [1.29, 1.82) is 0 Å². The molecule has 2 heterocycles. The molecule has 12 heteroatoms. The number of hydrogen-bond acceptors (Lipinski definition) is 6. The molecule has 0 fully saturated rings. The topological polar surface area (TPSA) is 75.5 Å². The summed E-state index contributed by atoms with van der Waals surface area (Å²) in [5.74, 6) is -1.64. The minimum atomic E-state index is -4.83. The largest absolute Gasteiger partial charge is 0.497 e. The second kappa shape index (κ2) is 9.44. The lowest BCUT2D eigenvalue weighted by Crippen LogP contribution is -2.18. The number of nitrogens with zero attached hydrogens (tertiary/aromatic N) is 3. The summed E-state index contributed by atoms with van der Waals surface area (Å²) in [6.45, 7) is 1.71. The predicted molar refractivity (Wildman–Crippen MR) is 116 cm³/mol. The average Bonchev–Trinajstić information content (AvgIpc) is 3.18. The molecule has 34 heavy (non-hydrogen) atoms. The van der Waals surface area contributed by atoms with Crippen molar-refractivity contribution in [3.8, 4) is 11.4 Å². The Kier molecular flexibility index (Phi) is 6.75. The molecule has 1 aliphatic heterocycles. The number of alkyl halides is 3. The van der Waals surface area contributed by atoms with Gasteiger partial charge >= 0.3 is 12.1 Å². The van der Waals surface area contributed by atoms with E-state index in [4.69, 9.17) is 37.4 Å². The van der Waals surface area contributed by atoms with Crippen molar-refractivity contribution in [3.05, 3.63) is 69.2 Å². The zero-order valence-corrected chi connectivity index (χ0v) is 19.4. The van der Waals surface area contributed by atoms with E-state index in [1.807, 2.05) is 0 Å². The first-order valence-corrected chi connectivity index (χ1v) is 10.9. The maximum atomic E-state index is 13.9. The maximum absolute atomic E-state index is 13.9. The summed E-state index contributed by atoms with van der Waals surface area (Å²) in [6, 6.07) is 9.18. The third-order valence-corrected chi connectivity index (χ3v) is 5.75. The van der Waals surface area contributed by atoms with Gasteiger partial charge in [-0.1, -0.05) is 29.3 Å². The van der Waals surface area contributed by atoms with Gasteiger partial charge in [0.1, 0.15) is 18.0 Å². The highest BCUT2D eigenvalue weighted by molar-refractivity contribution is 6.31. The molecule has 2 atom stereocenters. The van der Waals surface area contributed by atoms with Crippen molar-refractivity contribution in [2.75, 3.05) is 13.7 Å². The number of carbonyl (C=O) groups is 1. The molecule has 0 radical (unpaired) electrons. The number of ether oxygens (including phenoxy) is 3. The van der Waals surface area contributed by atoms with Crippen LogP contribution in [0.25, 0.3) is 5.69 Å². The van der Waals surface area contributed by atoms with Crippen LogP contribution in [0.1, 0.15) is 48.3 Å². The molecule has 0 unspecified atom stereocenters. The highest BCUT2D eigenvalue weighted by Crippen LogP contribution is 2.45. The summed E-state index contributed by atoms with van der Waals surface area (Å²) in [4.78, 5) is 12.3. The van der Waals surface area contributed by atoms with Gasteiger partial charge in [0.2, 0.25) is 5.82 Å². The van der Waals surface area contributed by atoms with Crippen molar-refractivity contribution >= 4 is 29.2 Å². The van der Waals surface area contributed by atoms with E-state index in [-0.39, 0.29) is 33.7 Å². The van der Waals surface area contributed by atoms with E-state index in [9.17, 15) is 18.0 Å². The molecule has 0 spiro atoms. The van der Waals surface area contributed by atoms with Crippen LogP contribution in [0.2, 0.25) is 10.0 Å². The van der Waals surface area contributed by atoms with Crippen molar-refractivity contribution in [2.45, 2.75) is 31.7 Å². The van der Waals surface area contributed by atoms with Gasteiger partial charge in [-0.25, -0.2) is 0 Å². The van der Waals surface area contributed by atoms with E-state index >= 15 is 0 Å². The van der Waals surface area contributed by atoms with Crippen LogP contribution < -0.4 is 4.74 Å². The Balaban J connectivity index is 1.96. The summed E-state index contributed by atoms with van der Waals surface area (Å²) in [5, 5.41) is 7.62. The van der Waals surface area contributed by atoms with Crippen LogP contribution in [-0.4, -0.2) is 34.5 Å². The number of hydrogen-bond donors (Lipinski definition) is 0. The Hall–Kier alpha value is -2.82. The minimum Gasteiger partial charge on any atom is -0.497 e. The van der Waals surface area contributed by atoms with Gasteiger partial charge in [-0.15, -0.1) is 10.2 Å². The molecule has 0 aliphatic carbocycles. The smallest absolute Gasteiger partial charge is 0.452 e. The van der Waals surface area contributed by atoms with Gasteiger partial charge in [-0.05, 0) is 37.3 Å². The molecular formula is C22H18Cl2F3N3O4. The Morgan fingerprint density at radius 1 is 1.15 bits per heavy atom. The molecule has 7 nitrogen and oxygen atoms in total. The average molecular weight is 516 g/mol. The number of esters is 1. The van der Waals surface area contributed by atoms with Crippen molar-refractivity contribution in [2.24, 2.45) is 0 Å². The summed E-state index contributed by atoms with van der Waals surface area (Å²) in [5.41, 5.74) is 0.824. The highest BCUT2D eigenvalue weighted by Gasteiger charge is 2.43. The molecule has 0 saturated carbocycles. The first-order chi connectivity index (χ1) is 16.1. The van der Waals surface area contributed by atoms with E-state index in [0.717, 1.165) is 4.57 Å². The fourth-order valence-corrected chi connectivity index (χ4v) is 4.21. The zero-order valence-electron chi connectivity index (χ0n) is 17.9. The highest BCUT2D eigenvalue weighted by atomic mass is 35.5. The van der Waals surface area contributed by atoms with Crippen LogP contribution in [0, 0.1) is 0 Å². The van der Waals surface area contributed by atoms with Crippen LogP contribution in [0.4, 0.5) is 13.2 Å². The Labute approximate surface area is 202 Å². The molecule has 0 bridgehead atoms. The van der Waals surface area contributed by atoms with Crippen LogP contribution in [0.15, 0.2) is 36.4 Å². The molecule has 1 aliphatic rings. The summed E-state index contributed by atoms with van der Waals surface area (Å²) in [7, 11) is 1.47. The summed E-state index contributed by atoms with van der Waals surface area (Å²) >= 11 is 12.7. The molecule has 1 aromatic heterocycles. The number of benzene rings is 2. The van der Waals surface area contributed by atoms with Gasteiger partial charge in [0, 0.05) is 16.1 Å². The molecule has 0 saturated heterocycles. The summed E-state index contributed by atoms with van der Waals surface area (Å²) < 4.78 is 58.9. The van der Waals surface area contributed by atoms with Crippen LogP contribution in [0.3, 0.4) is 0 Å². The fraction of sp³-hybridized carbons (Fsp3) is 0.318. The minimum absolute atomic E-state index is 0.0929. The van der Waals surface area contributed by atoms with Crippen molar-refractivity contribution in [1.82, 2.24) is 14.8 Å². The van der Waals surface area contributed by atoms with E-state index < -0.39 is 36.6 Å². The monoisotopic (exact) mass is 515 g/mol. The third kappa shape index (κ3) is 4.57. The van der Waals surface area contributed by atoms with E-state index in [0.29, 0.717) is 11.3 Å². The zero-order chi connectivity index (χ0) is 24.6. The normalized spacial score (nSPS) is 17.5. The van der Waals surface area contributed by atoms with Gasteiger partial charge in [-0.2, -0.15) is 13.2 Å². The van der Waals surface area contributed by atoms with Crippen LogP contribution in [0.5, 0.6) is 5.75 Å². The number of carbonyl (C=O) groups excluding carboxylic acids is 1. The molecule has 180 valence electrons. The van der Waals surface area contributed by atoms with Crippen LogP contribution >= 0.6 is 23.2 Å². The summed E-state index contributed by atoms with van der Waals surface area (Å²) in [6.07, 6.45) is -7.43. The second-order valence-corrected chi connectivity index (χ2v) is 8.16. The van der Waals surface area contributed by atoms with Gasteiger partial charge < -0.3 is 14.2 Å². The Morgan fingerprint density at radius 3 is 2.56 bits per heavy atom. The number of methoxy groups -OCH3 is 1. The van der Waals surface area contributed by atoms with Gasteiger partial charge in [0.05, 0.1) is 30.8 Å². The van der Waals surface area contributed by atoms with Crippen LogP contribution in [-0.2, 0) is 20.4 Å². The molecule has 2 aromatic carbocycles. The molecule has 3 aromatic rings. The van der Waals surface area contributed by atoms with E-state index in [1.165, 1.54) is 25.3 Å². The van der Waals surface area contributed by atoms with Gasteiger partial charge in [0.15, 0.2) is 5.82 Å². The quantitative estimate of drug-likeness (QED) is 0.404. The fourth-order valence-electron chi connectivity index (χ4n) is 3.76. The molecule has 0 amide bonds. The molecule has 4 rings (SSSR count). The third-order valence-electron chi connectivity index (χ3n) is 5.19. The maximum Gasteiger partial charge on any atom is 0.452 e. The van der Waals surface area contributed by atoms with Crippen molar-refractivity contribution < 1.29 is 32.2 Å². The number of halogens is 5. The van der Waals surface area contributed by atoms with Gasteiger partial charge in [0.25, 0.3) is 0 Å². The Morgan fingerprint density at radius 2 is 1.91 bits per heavy atom. The molecular weight excluding hydrogens is 498 g/mol. The first kappa shape index (κ1) is 24.3. The first-order valence-electron chi connectivity index (χ1n) is 10.1.